The molecule has 2 aliphatic carbocycles. The Hall–Kier alpha value is -1.68. The maximum atomic E-state index is 13.0. The Labute approximate surface area is 155 Å². The highest BCUT2D eigenvalue weighted by molar-refractivity contribution is 5.76. The molecule has 0 unspecified atom stereocenters. The van der Waals surface area contributed by atoms with E-state index in [9.17, 15) is 9.18 Å². The van der Waals surface area contributed by atoms with Gasteiger partial charge in [-0.25, -0.2) is 4.39 Å². The van der Waals surface area contributed by atoms with Crippen molar-refractivity contribution in [3.05, 3.63) is 46.8 Å². The molecule has 1 saturated carbocycles. The van der Waals surface area contributed by atoms with Crippen LogP contribution in [0.1, 0.15) is 51.5 Å². The largest absolute Gasteiger partial charge is 0.462 e. The number of esters is 1. The minimum Gasteiger partial charge on any atom is -0.462 e. The Morgan fingerprint density at radius 2 is 2.08 bits per heavy atom. The third-order valence-corrected chi connectivity index (χ3v) is 6.79. The molecule has 3 nitrogen and oxygen atoms in total. The van der Waals surface area contributed by atoms with E-state index in [1.54, 1.807) is 17.7 Å². The zero-order valence-electron chi connectivity index (χ0n) is 15.7. The molecule has 0 aromatic heterocycles. The van der Waals surface area contributed by atoms with Gasteiger partial charge < -0.3 is 10.1 Å². The van der Waals surface area contributed by atoms with Gasteiger partial charge in [0.25, 0.3) is 0 Å². The van der Waals surface area contributed by atoms with Gasteiger partial charge in [-0.2, -0.15) is 0 Å². The lowest BCUT2D eigenvalue weighted by Crippen LogP contribution is -2.40. The van der Waals surface area contributed by atoms with Gasteiger partial charge in [0, 0.05) is 19.0 Å². The van der Waals surface area contributed by atoms with Gasteiger partial charge in [-0.3, -0.25) is 4.79 Å². The number of benzene rings is 1. The highest BCUT2D eigenvalue weighted by Crippen LogP contribution is 2.54. The van der Waals surface area contributed by atoms with Crippen LogP contribution < -0.4 is 5.32 Å². The summed E-state index contributed by atoms with van der Waals surface area (Å²) in [5.74, 6) is -0.0592. The van der Waals surface area contributed by atoms with Crippen LogP contribution in [0.3, 0.4) is 0 Å². The second-order valence-electron chi connectivity index (χ2n) is 8.58. The maximum Gasteiger partial charge on any atom is 0.310 e. The lowest BCUT2D eigenvalue weighted by molar-refractivity contribution is -0.145. The van der Waals surface area contributed by atoms with Crippen LogP contribution in [0.2, 0.25) is 0 Å². The van der Waals surface area contributed by atoms with Crippen LogP contribution in [0, 0.1) is 23.1 Å². The molecule has 0 bridgehead atoms. The molecule has 26 heavy (non-hydrogen) atoms. The SMILES string of the molecule is CC1=C2C[C@H]3[C@@H](C[C@@]2(C)CCC1)OC(=O)[C@@H]3CNCc1ccc(F)cc1. The van der Waals surface area contributed by atoms with E-state index in [-0.39, 0.29) is 29.2 Å². The predicted octanol–water partition coefficient (Wildman–Crippen LogP) is 4.37. The van der Waals surface area contributed by atoms with E-state index >= 15 is 0 Å². The van der Waals surface area contributed by atoms with E-state index in [0.717, 1.165) is 18.4 Å². The zero-order valence-corrected chi connectivity index (χ0v) is 15.7. The topological polar surface area (TPSA) is 38.3 Å². The number of fused-ring (bicyclic) bond motifs is 2. The summed E-state index contributed by atoms with van der Waals surface area (Å²) in [6, 6.07) is 6.50. The molecule has 1 saturated heterocycles. The van der Waals surface area contributed by atoms with E-state index in [2.05, 4.69) is 19.2 Å². The molecule has 0 amide bonds. The molecule has 4 atom stereocenters. The maximum absolute atomic E-state index is 13.0. The van der Waals surface area contributed by atoms with Gasteiger partial charge in [0.15, 0.2) is 0 Å². The number of rotatable bonds is 4. The molecule has 1 aromatic rings. The lowest BCUT2D eigenvalue weighted by atomic mass is 9.59. The number of carbonyl (C=O) groups excluding carboxylic acids is 1. The van der Waals surface area contributed by atoms with E-state index in [1.807, 2.05) is 0 Å². The second kappa shape index (κ2) is 6.80. The summed E-state index contributed by atoms with van der Waals surface area (Å²) in [6.45, 7) is 5.89. The third-order valence-electron chi connectivity index (χ3n) is 6.79. The van der Waals surface area contributed by atoms with Crippen molar-refractivity contribution in [1.29, 1.82) is 0 Å². The smallest absolute Gasteiger partial charge is 0.310 e. The first kappa shape index (κ1) is 17.7. The van der Waals surface area contributed by atoms with Gasteiger partial charge in [-0.15, -0.1) is 0 Å². The first-order valence-corrected chi connectivity index (χ1v) is 9.81. The first-order chi connectivity index (χ1) is 12.5. The quantitative estimate of drug-likeness (QED) is 0.642. The van der Waals surface area contributed by atoms with Crippen molar-refractivity contribution >= 4 is 5.97 Å². The molecule has 0 radical (unpaired) electrons. The molecule has 3 aliphatic rings. The van der Waals surface area contributed by atoms with Crippen molar-refractivity contribution in [2.75, 3.05) is 6.54 Å². The van der Waals surface area contributed by atoms with E-state index in [1.165, 1.54) is 37.0 Å². The number of halogens is 1. The van der Waals surface area contributed by atoms with Crippen LogP contribution in [-0.2, 0) is 16.1 Å². The summed E-state index contributed by atoms with van der Waals surface area (Å²) in [5.41, 5.74) is 4.37. The number of carbonyl (C=O) groups is 1. The molecule has 1 aromatic carbocycles. The van der Waals surface area contributed by atoms with E-state index in [4.69, 9.17) is 4.74 Å². The van der Waals surface area contributed by atoms with Crippen LogP contribution >= 0.6 is 0 Å². The van der Waals surface area contributed by atoms with Crippen molar-refractivity contribution < 1.29 is 13.9 Å². The first-order valence-electron chi connectivity index (χ1n) is 9.81. The van der Waals surface area contributed by atoms with Crippen molar-refractivity contribution in [2.45, 2.75) is 58.6 Å². The monoisotopic (exact) mass is 357 g/mol. The number of hydrogen-bond acceptors (Lipinski definition) is 3. The Morgan fingerprint density at radius 3 is 2.85 bits per heavy atom. The molecule has 4 heteroatoms. The zero-order chi connectivity index (χ0) is 18.3. The average molecular weight is 357 g/mol. The van der Waals surface area contributed by atoms with E-state index < -0.39 is 0 Å². The summed E-state index contributed by atoms with van der Waals surface area (Å²) in [6.07, 6.45) is 5.71. The minimum atomic E-state index is -0.225. The highest BCUT2D eigenvalue weighted by Gasteiger charge is 2.52. The second-order valence-corrected chi connectivity index (χ2v) is 8.58. The molecular weight excluding hydrogens is 329 g/mol. The Morgan fingerprint density at radius 1 is 1.31 bits per heavy atom. The molecule has 140 valence electrons. The molecule has 1 heterocycles. The molecule has 1 aliphatic heterocycles. The summed E-state index contributed by atoms with van der Waals surface area (Å²) in [4.78, 5) is 12.5. The van der Waals surface area contributed by atoms with Crippen molar-refractivity contribution in [3.63, 3.8) is 0 Å². The number of ether oxygens (including phenoxy) is 1. The highest BCUT2D eigenvalue weighted by atomic mass is 19.1. The molecule has 0 spiro atoms. The average Bonchev–Trinajstić information content (AvgIpc) is 2.89. The Balaban J connectivity index is 1.43. The number of hydrogen-bond donors (Lipinski definition) is 1. The fourth-order valence-electron chi connectivity index (χ4n) is 5.32. The molecule has 4 rings (SSSR count). The van der Waals surface area contributed by atoms with Crippen molar-refractivity contribution in [3.8, 4) is 0 Å². The van der Waals surface area contributed by atoms with Crippen LogP contribution in [0.4, 0.5) is 4.39 Å². The normalized spacial score (nSPS) is 33.7. The van der Waals surface area contributed by atoms with Gasteiger partial charge in [0.1, 0.15) is 11.9 Å². The fourth-order valence-corrected chi connectivity index (χ4v) is 5.32. The van der Waals surface area contributed by atoms with Gasteiger partial charge in [0.2, 0.25) is 0 Å². The van der Waals surface area contributed by atoms with E-state index in [0.29, 0.717) is 19.0 Å². The number of allylic oxidation sites excluding steroid dienone is 2. The molecule has 2 fully saturated rings. The summed E-state index contributed by atoms with van der Waals surface area (Å²) in [7, 11) is 0. The van der Waals surface area contributed by atoms with Crippen LogP contribution in [0.5, 0.6) is 0 Å². The van der Waals surface area contributed by atoms with Crippen molar-refractivity contribution in [1.82, 2.24) is 5.32 Å². The molecular formula is C22H28FNO2. The van der Waals surface area contributed by atoms with Gasteiger partial charge in [-0.1, -0.05) is 30.2 Å². The van der Waals surface area contributed by atoms with Crippen LogP contribution in [-0.4, -0.2) is 18.6 Å². The summed E-state index contributed by atoms with van der Waals surface area (Å²) >= 11 is 0. The fraction of sp³-hybridized carbons (Fsp3) is 0.591. The summed E-state index contributed by atoms with van der Waals surface area (Å²) in [5, 5.41) is 3.38. The van der Waals surface area contributed by atoms with Gasteiger partial charge in [-0.05, 0) is 62.1 Å². The number of nitrogens with one attached hydrogen (secondary N) is 1. The van der Waals surface area contributed by atoms with Gasteiger partial charge >= 0.3 is 5.97 Å². The van der Waals surface area contributed by atoms with Crippen LogP contribution in [0.25, 0.3) is 0 Å². The van der Waals surface area contributed by atoms with Crippen molar-refractivity contribution in [2.24, 2.45) is 17.3 Å². The lowest BCUT2D eigenvalue weighted by Gasteiger charge is -2.45. The standard InChI is InChI=1S/C22H28FNO2/c1-14-4-3-9-22(2)11-20-17(10-19(14)22)18(21(25)26-20)13-24-12-15-5-7-16(23)8-6-15/h5-8,17-18,20,24H,3-4,9-13H2,1-2H3/t17-,18-,20-,22-/m1/s1. The Kier molecular flexibility index (Phi) is 4.64. The summed E-state index contributed by atoms with van der Waals surface area (Å²) < 4.78 is 18.8. The molecule has 1 N–H and O–H groups in total. The predicted molar refractivity (Wildman–Crippen MR) is 98.9 cm³/mol. The van der Waals surface area contributed by atoms with Crippen LogP contribution in [0.15, 0.2) is 35.4 Å². The third kappa shape index (κ3) is 3.20. The Bertz CT molecular complexity index is 726. The van der Waals surface area contributed by atoms with Gasteiger partial charge in [0.05, 0.1) is 5.92 Å². The minimum absolute atomic E-state index is 0.0490.